The van der Waals surface area contributed by atoms with Gasteiger partial charge in [0.25, 0.3) is 0 Å². The number of halogens is 1. The first-order valence-corrected chi connectivity index (χ1v) is 8.25. The van der Waals surface area contributed by atoms with Crippen molar-refractivity contribution in [3.8, 4) is 0 Å². The Labute approximate surface area is 151 Å². The van der Waals surface area contributed by atoms with Gasteiger partial charge in [-0.25, -0.2) is 0 Å². The molecular weight excluding hydrogens is 389 g/mol. The largest absolute Gasteiger partial charge is 0.469 e. The van der Waals surface area contributed by atoms with Crippen molar-refractivity contribution in [1.29, 1.82) is 0 Å². The van der Waals surface area contributed by atoms with Crippen LogP contribution in [-0.2, 0) is 6.42 Å². The normalized spacial score (nSPS) is 17.4. The molecule has 1 saturated carbocycles. The van der Waals surface area contributed by atoms with Crippen LogP contribution in [0.3, 0.4) is 0 Å². The van der Waals surface area contributed by atoms with Gasteiger partial charge in [0.15, 0.2) is 5.96 Å². The molecule has 0 spiro atoms. The van der Waals surface area contributed by atoms with Gasteiger partial charge < -0.3 is 15.1 Å². The molecule has 1 fully saturated rings. The molecule has 1 aromatic rings. The molecule has 1 atom stereocenters. The van der Waals surface area contributed by atoms with E-state index in [4.69, 9.17) is 9.41 Å². The Bertz CT molecular complexity index is 419. The van der Waals surface area contributed by atoms with Crippen molar-refractivity contribution in [2.45, 2.75) is 65.0 Å². The van der Waals surface area contributed by atoms with E-state index in [1.165, 1.54) is 25.7 Å². The molecule has 5 heteroatoms. The highest BCUT2D eigenvalue weighted by atomic mass is 127. The summed E-state index contributed by atoms with van der Waals surface area (Å²) in [5.41, 5.74) is 0. The number of nitrogens with one attached hydrogen (secondary N) is 2. The molecule has 2 N–H and O–H groups in total. The Morgan fingerprint density at radius 1 is 1.32 bits per heavy atom. The first-order chi connectivity index (χ1) is 10.1. The second-order valence-corrected chi connectivity index (χ2v) is 6.36. The molecule has 1 aromatic heterocycles. The lowest BCUT2D eigenvalue weighted by Gasteiger charge is -2.23. The van der Waals surface area contributed by atoms with Crippen molar-refractivity contribution >= 4 is 29.9 Å². The van der Waals surface area contributed by atoms with E-state index in [0.717, 1.165) is 24.7 Å². The third-order valence-electron chi connectivity index (χ3n) is 4.27. The fourth-order valence-electron chi connectivity index (χ4n) is 2.51. The number of furan rings is 1. The van der Waals surface area contributed by atoms with Crippen LogP contribution in [0.5, 0.6) is 0 Å². The third kappa shape index (κ3) is 6.58. The summed E-state index contributed by atoms with van der Waals surface area (Å²) in [6.45, 7) is 7.42. The summed E-state index contributed by atoms with van der Waals surface area (Å²) >= 11 is 0. The quantitative estimate of drug-likeness (QED) is 0.417. The van der Waals surface area contributed by atoms with Gasteiger partial charge in [-0.2, -0.15) is 0 Å². The Kier molecular flexibility index (Phi) is 8.90. The zero-order chi connectivity index (χ0) is 15.1. The maximum Gasteiger partial charge on any atom is 0.191 e. The van der Waals surface area contributed by atoms with E-state index in [2.05, 4.69) is 31.4 Å². The molecule has 0 radical (unpaired) electrons. The van der Waals surface area contributed by atoms with E-state index in [9.17, 15) is 0 Å². The second kappa shape index (κ2) is 10.1. The van der Waals surface area contributed by atoms with Crippen molar-refractivity contribution in [2.24, 2.45) is 10.9 Å². The molecule has 0 aliphatic heterocycles. The zero-order valence-corrected chi connectivity index (χ0v) is 16.3. The lowest BCUT2D eigenvalue weighted by molar-refractivity contribution is 0.473. The minimum absolute atomic E-state index is 0. The van der Waals surface area contributed by atoms with Crippen LogP contribution in [0.4, 0.5) is 0 Å². The average molecular weight is 419 g/mol. The van der Waals surface area contributed by atoms with Crippen LogP contribution in [-0.4, -0.2) is 24.6 Å². The molecule has 1 unspecified atom stereocenters. The van der Waals surface area contributed by atoms with Gasteiger partial charge in [0.2, 0.25) is 0 Å². The van der Waals surface area contributed by atoms with Crippen molar-refractivity contribution < 1.29 is 4.42 Å². The summed E-state index contributed by atoms with van der Waals surface area (Å²) in [5.74, 6) is 2.54. The van der Waals surface area contributed by atoms with Gasteiger partial charge in [0, 0.05) is 25.0 Å². The Balaban J connectivity index is 0.00000242. The van der Waals surface area contributed by atoms with Gasteiger partial charge in [-0.3, -0.25) is 4.99 Å². The molecule has 0 aromatic carbocycles. The average Bonchev–Trinajstić information content (AvgIpc) is 3.11. The van der Waals surface area contributed by atoms with Gasteiger partial charge in [-0.1, -0.05) is 26.7 Å². The summed E-state index contributed by atoms with van der Waals surface area (Å²) in [5, 5.41) is 7.12. The topological polar surface area (TPSA) is 49.6 Å². The van der Waals surface area contributed by atoms with Gasteiger partial charge in [0.05, 0.1) is 6.26 Å². The number of hydrogen-bond acceptors (Lipinski definition) is 2. The van der Waals surface area contributed by atoms with E-state index in [-0.39, 0.29) is 24.0 Å². The van der Waals surface area contributed by atoms with Crippen LogP contribution in [0.1, 0.15) is 52.2 Å². The summed E-state index contributed by atoms with van der Waals surface area (Å²) in [6, 6.07) is 4.93. The first-order valence-electron chi connectivity index (χ1n) is 8.25. The van der Waals surface area contributed by atoms with E-state index in [0.29, 0.717) is 18.0 Å². The lowest BCUT2D eigenvalue weighted by Crippen LogP contribution is -2.47. The number of rotatable bonds is 6. The second-order valence-electron chi connectivity index (χ2n) is 6.36. The number of aliphatic imine (C=N–C) groups is 1. The van der Waals surface area contributed by atoms with Crippen molar-refractivity contribution in [3.63, 3.8) is 0 Å². The zero-order valence-electron chi connectivity index (χ0n) is 14.0. The maximum atomic E-state index is 5.36. The highest BCUT2D eigenvalue weighted by Gasteiger charge is 2.17. The molecule has 0 bridgehead atoms. The van der Waals surface area contributed by atoms with E-state index >= 15 is 0 Å². The smallest absolute Gasteiger partial charge is 0.191 e. The van der Waals surface area contributed by atoms with Crippen LogP contribution in [0.2, 0.25) is 0 Å². The first kappa shape index (κ1) is 19.3. The fourth-order valence-corrected chi connectivity index (χ4v) is 2.51. The molecule has 126 valence electrons. The maximum absolute atomic E-state index is 5.36. The highest BCUT2D eigenvalue weighted by Crippen LogP contribution is 2.17. The molecule has 1 heterocycles. The summed E-state index contributed by atoms with van der Waals surface area (Å²) in [7, 11) is 0. The molecule has 0 amide bonds. The summed E-state index contributed by atoms with van der Waals surface area (Å²) in [4.78, 5) is 4.72. The van der Waals surface area contributed by atoms with Gasteiger partial charge >= 0.3 is 0 Å². The summed E-state index contributed by atoms with van der Waals surface area (Å²) < 4.78 is 5.36. The molecule has 4 nitrogen and oxygen atoms in total. The molecule has 22 heavy (non-hydrogen) atoms. The van der Waals surface area contributed by atoms with Crippen LogP contribution >= 0.6 is 24.0 Å². The fraction of sp³-hybridized carbons (Fsp3) is 0.706. The van der Waals surface area contributed by atoms with E-state index in [1.54, 1.807) is 6.26 Å². The Morgan fingerprint density at radius 2 is 2.05 bits per heavy atom. The minimum Gasteiger partial charge on any atom is -0.469 e. The van der Waals surface area contributed by atoms with Crippen molar-refractivity contribution in [1.82, 2.24) is 10.6 Å². The standard InChI is InChI=1S/C17H29N3O.HI/c1-13(2)14(3)19-17(20-15-7-4-5-8-15)18-11-10-16-9-6-12-21-16;/h6,9,12-15H,4-5,7-8,10-11H2,1-3H3,(H2,18,19,20);1H. The van der Waals surface area contributed by atoms with Crippen LogP contribution in [0.25, 0.3) is 0 Å². The van der Waals surface area contributed by atoms with Crippen LogP contribution in [0, 0.1) is 5.92 Å². The molecular formula is C17H30IN3O. The number of nitrogens with zero attached hydrogens (tertiary/aromatic N) is 1. The third-order valence-corrected chi connectivity index (χ3v) is 4.27. The van der Waals surface area contributed by atoms with Gasteiger partial charge in [-0.05, 0) is 37.8 Å². The van der Waals surface area contributed by atoms with E-state index in [1.807, 2.05) is 12.1 Å². The summed E-state index contributed by atoms with van der Waals surface area (Å²) in [6.07, 6.45) is 7.74. The Hall–Kier alpha value is -0.720. The Morgan fingerprint density at radius 3 is 2.64 bits per heavy atom. The van der Waals surface area contributed by atoms with E-state index < -0.39 is 0 Å². The van der Waals surface area contributed by atoms with Crippen molar-refractivity contribution in [2.75, 3.05) is 6.54 Å². The van der Waals surface area contributed by atoms with Gasteiger partial charge in [0.1, 0.15) is 5.76 Å². The molecule has 0 saturated heterocycles. The van der Waals surface area contributed by atoms with Gasteiger partial charge in [-0.15, -0.1) is 24.0 Å². The van der Waals surface area contributed by atoms with Crippen LogP contribution in [0.15, 0.2) is 27.8 Å². The predicted molar refractivity (Wildman–Crippen MR) is 103 cm³/mol. The highest BCUT2D eigenvalue weighted by molar-refractivity contribution is 14.0. The lowest BCUT2D eigenvalue weighted by atomic mass is 10.1. The molecule has 1 aliphatic carbocycles. The monoisotopic (exact) mass is 419 g/mol. The number of guanidine groups is 1. The molecule has 2 rings (SSSR count). The van der Waals surface area contributed by atoms with Crippen LogP contribution < -0.4 is 10.6 Å². The number of hydrogen-bond donors (Lipinski definition) is 2. The molecule has 1 aliphatic rings. The minimum atomic E-state index is 0. The SMILES string of the molecule is CC(C)C(C)NC(=NCCc1ccco1)NC1CCCC1.I. The predicted octanol–water partition coefficient (Wildman–Crippen LogP) is 3.96. The van der Waals surface area contributed by atoms with Crippen molar-refractivity contribution in [3.05, 3.63) is 24.2 Å².